The minimum atomic E-state index is -0.289. The number of imide groups is 1. The third-order valence-electron chi connectivity index (χ3n) is 2.45. The summed E-state index contributed by atoms with van der Waals surface area (Å²) in [5.41, 5.74) is 1.01. The fraction of sp³-hybridized carbons (Fsp3) is 0.500. The van der Waals surface area contributed by atoms with Gasteiger partial charge in [0.1, 0.15) is 0 Å². The molecule has 0 radical (unpaired) electrons. The predicted molar refractivity (Wildman–Crippen MR) is 60.3 cm³/mol. The van der Waals surface area contributed by atoms with Crippen molar-refractivity contribution in [1.82, 2.24) is 15.2 Å². The maximum atomic E-state index is 11.4. The SMILES string of the molecule is Cc1nc(CCN2CCC(=O)NC2=O)cs1. The maximum absolute atomic E-state index is 11.4. The number of carbonyl (C=O) groups is 2. The van der Waals surface area contributed by atoms with E-state index in [1.54, 1.807) is 16.2 Å². The number of aromatic nitrogens is 1. The highest BCUT2D eigenvalue weighted by Crippen LogP contribution is 2.09. The molecule has 0 spiro atoms. The van der Waals surface area contributed by atoms with Crippen LogP contribution in [0.25, 0.3) is 0 Å². The molecule has 1 N–H and O–H groups in total. The van der Waals surface area contributed by atoms with Crippen molar-refractivity contribution in [2.45, 2.75) is 19.8 Å². The summed E-state index contributed by atoms with van der Waals surface area (Å²) in [7, 11) is 0. The number of aryl methyl sites for hydroxylation is 1. The van der Waals surface area contributed by atoms with Crippen LogP contribution in [-0.4, -0.2) is 34.9 Å². The quantitative estimate of drug-likeness (QED) is 0.853. The van der Waals surface area contributed by atoms with Gasteiger partial charge >= 0.3 is 6.03 Å². The van der Waals surface area contributed by atoms with Crippen LogP contribution in [0.3, 0.4) is 0 Å². The van der Waals surface area contributed by atoms with E-state index in [2.05, 4.69) is 10.3 Å². The van der Waals surface area contributed by atoms with Crippen LogP contribution in [0.1, 0.15) is 17.1 Å². The molecule has 0 bridgehead atoms. The van der Waals surface area contributed by atoms with Gasteiger partial charge in [0.25, 0.3) is 0 Å². The Labute approximate surface area is 97.5 Å². The lowest BCUT2D eigenvalue weighted by Gasteiger charge is -2.26. The van der Waals surface area contributed by atoms with E-state index in [-0.39, 0.29) is 11.9 Å². The summed E-state index contributed by atoms with van der Waals surface area (Å²) < 4.78 is 0. The highest BCUT2D eigenvalue weighted by molar-refractivity contribution is 7.09. The Hall–Kier alpha value is -1.43. The first-order valence-corrected chi connectivity index (χ1v) is 6.03. The molecule has 0 saturated carbocycles. The van der Waals surface area contributed by atoms with Gasteiger partial charge in [0, 0.05) is 31.3 Å². The Balaban J connectivity index is 1.86. The molecular formula is C10H13N3O2S. The molecule has 1 aliphatic heterocycles. The smallest absolute Gasteiger partial charge is 0.324 e. The van der Waals surface area contributed by atoms with Crippen LogP contribution < -0.4 is 5.32 Å². The van der Waals surface area contributed by atoms with E-state index in [1.807, 2.05) is 12.3 Å². The van der Waals surface area contributed by atoms with Gasteiger partial charge in [-0.2, -0.15) is 0 Å². The van der Waals surface area contributed by atoms with E-state index in [0.29, 0.717) is 19.5 Å². The zero-order valence-electron chi connectivity index (χ0n) is 9.02. The van der Waals surface area contributed by atoms with Gasteiger partial charge in [0.05, 0.1) is 10.7 Å². The van der Waals surface area contributed by atoms with Crippen molar-refractivity contribution in [3.8, 4) is 0 Å². The topological polar surface area (TPSA) is 62.3 Å². The molecule has 3 amide bonds. The molecular weight excluding hydrogens is 226 g/mol. The Morgan fingerprint density at radius 3 is 3.00 bits per heavy atom. The van der Waals surface area contributed by atoms with E-state index in [1.165, 1.54) is 0 Å². The molecule has 1 fully saturated rings. The van der Waals surface area contributed by atoms with Crippen LogP contribution in [-0.2, 0) is 11.2 Å². The Morgan fingerprint density at radius 1 is 1.56 bits per heavy atom. The fourth-order valence-corrected chi connectivity index (χ4v) is 2.23. The summed E-state index contributed by atoms with van der Waals surface area (Å²) in [4.78, 5) is 28.3. The van der Waals surface area contributed by atoms with Gasteiger partial charge in [-0.15, -0.1) is 11.3 Å². The van der Waals surface area contributed by atoms with Crippen molar-refractivity contribution < 1.29 is 9.59 Å². The number of nitrogens with one attached hydrogen (secondary N) is 1. The number of amides is 3. The maximum Gasteiger partial charge on any atom is 0.324 e. The van der Waals surface area contributed by atoms with E-state index in [9.17, 15) is 9.59 Å². The summed E-state index contributed by atoms with van der Waals surface area (Å²) in [5, 5.41) is 5.34. The minimum Gasteiger partial charge on any atom is -0.324 e. The molecule has 2 heterocycles. The van der Waals surface area contributed by atoms with Gasteiger partial charge < -0.3 is 4.90 Å². The van der Waals surface area contributed by atoms with E-state index >= 15 is 0 Å². The monoisotopic (exact) mass is 239 g/mol. The fourth-order valence-electron chi connectivity index (χ4n) is 1.58. The lowest BCUT2D eigenvalue weighted by atomic mass is 10.2. The van der Waals surface area contributed by atoms with Crippen molar-refractivity contribution >= 4 is 23.3 Å². The van der Waals surface area contributed by atoms with Gasteiger partial charge in [-0.1, -0.05) is 0 Å². The van der Waals surface area contributed by atoms with Crippen LogP contribution in [0.4, 0.5) is 4.79 Å². The molecule has 2 rings (SSSR count). The molecule has 0 atom stereocenters. The summed E-state index contributed by atoms with van der Waals surface area (Å²) in [6, 6.07) is -0.289. The molecule has 1 saturated heterocycles. The van der Waals surface area contributed by atoms with Crippen LogP contribution in [0.15, 0.2) is 5.38 Å². The summed E-state index contributed by atoms with van der Waals surface area (Å²) in [6.45, 7) is 3.08. The van der Waals surface area contributed by atoms with Crippen LogP contribution in [0.2, 0.25) is 0 Å². The summed E-state index contributed by atoms with van der Waals surface area (Å²) in [5.74, 6) is -0.189. The average Bonchev–Trinajstić information content (AvgIpc) is 2.63. The van der Waals surface area contributed by atoms with E-state index < -0.39 is 0 Å². The molecule has 16 heavy (non-hydrogen) atoms. The lowest BCUT2D eigenvalue weighted by molar-refractivity contribution is -0.121. The minimum absolute atomic E-state index is 0.189. The highest BCUT2D eigenvalue weighted by Gasteiger charge is 2.22. The first-order valence-electron chi connectivity index (χ1n) is 5.15. The number of hydrogen-bond donors (Lipinski definition) is 1. The van der Waals surface area contributed by atoms with E-state index in [4.69, 9.17) is 0 Å². The summed E-state index contributed by atoms with van der Waals surface area (Å²) >= 11 is 1.61. The molecule has 1 aliphatic rings. The van der Waals surface area contributed by atoms with Gasteiger partial charge in [0.15, 0.2) is 0 Å². The molecule has 86 valence electrons. The number of carbonyl (C=O) groups excluding carboxylic acids is 2. The molecule has 1 aromatic rings. The Bertz CT molecular complexity index is 416. The van der Waals surface area contributed by atoms with E-state index in [0.717, 1.165) is 17.1 Å². The summed E-state index contributed by atoms with van der Waals surface area (Å²) in [6.07, 6.45) is 1.13. The van der Waals surface area contributed by atoms with Crippen molar-refractivity contribution in [1.29, 1.82) is 0 Å². The second kappa shape index (κ2) is 4.61. The van der Waals surface area contributed by atoms with Crippen molar-refractivity contribution in [2.24, 2.45) is 0 Å². The lowest BCUT2D eigenvalue weighted by Crippen LogP contribution is -2.49. The van der Waals surface area contributed by atoms with Crippen LogP contribution >= 0.6 is 11.3 Å². The third kappa shape index (κ3) is 2.57. The Morgan fingerprint density at radius 2 is 2.38 bits per heavy atom. The standard InChI is InChI=1S/C10H13N3O2S/c1-7-11-8(6-16-7)2-4-13-5-3-9(14)12-10(13)15/h6H,2-5H2,1H3,(H,12,14,15). The van der Waals surface area contributed by atoms with Crippen molar-refractivity contribution in [3.63, 3.8) is 0 Å². The first kappa shape index (κ1) is 11.1. The van der Waals surface area contributed by atoms with Crippen molar-refractivity contribution in [3.05, 3.63) is 16.1 Å². The van der Waals surface area contributed by atoms with Gasteiger partial charge in [-0.3, -0.25) is 10.1 Å². The molecule has 1 aromatic heterocycles. The number of nitrogens with zero attached hydrogens (tertiary/aromatic N) is 2. The molecule has 6 heteroatoms. The zero-order valence-corrected chi connectivity index (χ0v) is 9.84. The van der Waals surface area contributed by atoms with Crippen LogP contribution in [0.5, 0.6) is 0 Å². The average molecular weight is 239 g/mol. The first-order chi connectivity index (χ1) is 7.65. The molecule has 5 nitrogen and oxygen atoms in total. The third-order valence-corrected chi connectivity index (χ3v) is 3.27. The number of urea groups is 1. The molecule has 0 unspecified atom stereocenters. The number of rotatable bonds is 3. The van der Waals surface area contributed by atoms with Gasteiger partial charge in [-0.25, -0.2) is 9.78 Å². The Kier molecular flexibility index (Phi) is 3.19. The van der Waals surface area contributed by atoms with Crippen LogP contribution in [0, 0.1) is 6.92 Å². The van der Waals surface area contributed by atoms with Gasteiger partial charge in [-0.05, 0) is 6.92 Å². The predicted octanol–water partition coefficient (Wildman–Crippen LogP) is 0.936. The van der Waals surface area contributed by atoms with Gasteiger partial charge in [0.2, 0.25) is 5.91 Å². The molecule has 0 aliphatic carbocycles. The zero-order chi connectivity index (χ0) is 11.5. The second-order valence-electron chi connectivity index (χ2n) is 3.70. The normalized spacial score (nSPS) is 16.4. The molecule has 0 aromatic carbocycles. The van der Waals surface area contributed by atoms with Crippen molar-refractivity contribution in [2.75, 3.05) is 13.1 Å². The number of hydrogen-bond acceptors (Lipinski definition) is 4. The highest BCUT2D eigenvalue weighted by atomic mass is 32.1. The second-order valence-corrected chi connectivity index (χ2v) is 4.76. The number of thiazole rings is 1. The largest absolute Gasteiger partial charge is 0.324 e.